The number of carbonyl (C=O) groups excluding carboxylic acids is 2. The molecule has 0 aromatic heterocycles. The number of carbonyl (C=O) groups is 2. The lowest BCUT2D eigenvalue weighted by atomic mass is 10.0. The Labute approximate surface area is 627 Å². The quantitative estimate of drug-likeness (QED) is 0.0264. The van der Waals surface area contributed by atoms with E-state index in [0.29, 0.717) is 6.42 Å². The standard InChI is InChI=1S/C91H168NO8P/c1-3-5-7-9-11-13-15-17-19-21-23-25-27-29-31-33-35-37-39-41-43-44-46-47-49-51-53-55-57-59-61-63-65-67-69-71-73-75-77-79-81-83-90(93)97-87-89(88-99-101(95,96)98-86-85-92)100-91(94)84-82-80-78-76-74-72-70-68-66-64-62-60-58-56-54-52-50-48-45-42-40-38-36-34-32-30-28-26-24-22-20-18-16-14-12-10-8-6-4-2/h6,8,12,14,18,20-21,23-24,26,30,32,36,38,89H,3-5,7,9-11,13,15-17,19,22,25,27-29,31,33-35,37,39-88,92H2,1-2H3,(H,95,96)/b8-6-,14-12-,20-18-,23-21-,26-24-,32-30-,38-36-. The van der Waals surface area contributed by atoms with Crippen molar-refractivity contribution in [3.05, 3.63) is 85.1 Å². The summed E-state index contributed by atoms with van der Waals surface area (Å²) in [6.45, 7) is 3.70. The highest BCUT2D eigenvalue weighted by Gasteiger charge is 2.26. The van der Waals surface area contributed by atoms with E-state index in [1.807, 2.05) is 0 Å². The molecular weight excluding hydrogens is 1270 g/mol. The monoisotopic (exact) mass is 1430 g/mol. The second-order valence-corrected chi connectivity index (χ2v) is 31.2. The van der Waals surface area contributed by atoms with Gasteiger partial charge >= 0.3 is 19.8 Å². The molecule has 3 N–H and O–H groups in total. The lowest BCUT2D eigenvalue weighted by Crippen LogP contribution is -2.29. The minimum Gasteiger partial charge on any atom is -0.462 e. The second kappa shape index (κ2) is 86.1. The van der Waals surface area contributed by atoms with E-state index in [1.54, 1.807) is 0 Å². The molecule has 0 spiro atoms. The molecule has 0 aliphatic carbocycles. The number of allylic oxidation sites excluding steroid dienone is 14. The summed E-state index contributed by atoms with van der Waals surface area (Å²) >= 11 is 0. The van der Waals surface area contributed by atoms with Crippen LogP contribution in [0.4, 0.5) is 0 Å². The van der Waals surface area contributed by atoms with Gasteiger partial charge in [0.15, 0.2) is 6.10 Å². The first-order valence-electron chi connectivity index (χ1n) is 44.1. The predicted octanol–water partition coefficient (Wildman–Crippen LogP) is 30.0. The van der Waals surface area contributed by atoms with Gasteiger partial charge in [-0.2, -0.15) is 0 Å². The van der Waals surface area contributed by atoms with Crippen molar-refractivity contribution >= 4 is 19.8 Å². The summed E-state index contributed by atoms with van der Waals surface area (Å²) in [4.78, 5) is 35.5. The van der Waals surface area contributed by atoms with Gasteiger partial charge in [0.25, 0.3) is 0 Å². The SMILES string of the molecule is CC/C=C\C/C=C\C/C=C\C/C=C\C/C=C\C/C=C\CCCCCCCCCCCCCCCCCCCCCCC(=O)OC(COC(=O)CCCCCCCCCCCCCCCCCCCCCCCCCCCCCCC/C=C\CCCCCCCCCC)COP(=O)(O)OCCN. The van der Waals surface area contributed by atoms with Crippen LogP contribution in [0.1, 0.15) is 450 Å². The fourth-order valence-electron chi connectivity index (χ4n) is 13.3. The van der Waals surface area contributed by atoms with Crippen molar-refractivity contribution in [2.45, 2.75) is 457 Å². The number of phosphoric ester groups is 1. The zero-order valence-corrected chi connectivity index (χ0v) is 67.8. The highest BCUT2D eigenvalue weighted by molar-refractivity contribution is 7.47. The number of phosphoric acid groups is 1. The molecule has 2 unspecified atom stereocenters. The Morgan fingerprint density at radius 3 is 0.822 bits per heavy atom. The summed E-state index contributed by atoms with van der Waals surface area (Å²) in [5.74, 6) is -0.804. The van der Waals surface area contributed by atoms with Crippen molar-refractivity contribution in [1.82, 2.24) is 0 Å². The molecule has 0 saturated carbocycles. The van der Waals surface area contributed by atoms with Crippen LogP contribution < -0.4 is 5.73 Å². The number of unbranched alkanes of at least 4 members (excludes halogenated alkanes) is 57. The number of ether oxygens (including phenoxy) is 2. The minimum absolute atomic E-state index is 0.0546. The van der Waals surface area contributed by atoms with Crippen LogP contribution in [0.3, 0.4) is 0 Å². The summed E-state index contributed by atoms with van der Waals surface area (Å²) in [6, 6.07) is 0. The molecule has 0 aromatic rings. The lowest BCUT2D eigenvalue weighted by Gasteiger charge is -2.19. The summed E-state index contributed by atoms with van der Waals surface area (Å²) < 4.78 is 33.3. The first-order chi connectivity index (χ1) is 49.8. The number of rotatable bonds is 84. The van der Waals surface area contributed by atoms with Gasteiger partial charge in [0.2, 0.25) is 0 Å². The molecule has 0 saturated heterocycles. The van der Waals surface area contributed by atoms with Crippen molar-refractivity contribution in [3.63, 3.8) is 0 Å². The fourth-order valence-corrected chi connectivity index (χ4v) is 14.1. The highest BCUT2D eigenvalue weighted by atomic mass is 31.2. The minimum atomic E-state index is -4.40. The van der Waals surface area contributed by atoms with Crippen molar-refractivity contribution in [2.75, 3.05) is 26.4 Å². The molecule has 9 nitrogen and oxygen atoms in total. The third-order valence-electron chi connectivity index (χ3n) is 19.8. The number of esters is 2. The van der Waals surface area contributed by atoms with Crippen molar-refractivity contribution in [3.8, 4) is 0 Å². The Kier molecular flexibility index (Phi) is 83.7. The van der Waals surface area contributed by atoms with Gasteiger partial charge < -0.3 is 20.1 Å². The van der Waals surface area contributed by atoms with E-state index in [4.69, 9.17) is 24.3 Å². The van der Waals surface area contributed by atoms with Gasteiger partial charge in [-0.05, 0) is 89.9 Å². The van der Waals surface area contributed by atoms with E-state index in [9.17, 15) is 19.0 Å². The average molecular weight is 1440 g/mol. The van der Waals surface area contributed by atoms with Crippen molar-refractivity contribution in [1.29, 1.82) is 0 Å². The van der Waals surface area contributed by atoms with E-state index >= 15 is 0 Å². The van der Waals surface area contributed by atoms with E-state index in [2.05, 4.69) is 98.9 Å². The molecule has 0 aromatic carbocycles. The summed E-state index contributed by atoms with van der Waals surface area (Å²) in [6.07, 6.45) is 118. The topological polar surface area (TPSA) is 134 Å². The normalized spacial score (nSPS) is 13.2. The van der Waals surface area contributed by atoms with Crippen LogP contribution in [0.25, 0.3) is 0 Å². The van der Waals surface area contributed by atoms with Crippen LogP contribution in [-0.4, -0.2) is 49.3 Å². The zero-order valence-electron chi connectivity index (χ0n) is 66.9. The summed E-state index contributed by atoms with van der Waals surface area (Å²) in [5, 5.41) is 0. The van der Waals surface area contributed by atoms with Gasteiger partial charge in [0.05, 0.1) is 13.2 Å². The van der Waals surface area contributed by atoms with Crippen molar-refractivity contribution in [2.24, 2.45) is 5.73 Å². The van der Waals surface area contributed by atoms with Crippen LogP contribution in [0.15, 0.2) is 85.1 Å². The molecular formula is C91H168NO8P. The predicted molar refractivity (Wildman–Crippen MR) is 441 cm³/mol. The number of nitrogens with two attached hydrogens (primary N) is 1. The van der Waals surface area contributed by atoms with Crippen LogP contribution in [0, 0.1) is 0 Å². The molecule has 0 amide bonds. The third kappa shape index (κ3) is 86.0. The van der Waals surface area contributed by atoms with Gasteiger partial charge in [-0.1, -0.05) is 433 Å². The van der Waals surface area contributed by atoms with Crippen LogP contribution in [0.2, 0.25) is 0 Å². The fraction of sp³-hybridized carbons (Fsp3) is 0.824. The van der Waals surface area contributed by atoms with Gasteiger partial charge in [-0.15, -0.1) is 0 Å². The molecule has 0 heterocycles. The van der Waals surface area contributed by atoms with Crippen molar-refractivity contribution < 1.29 is 37.6 Å². The smallest absolute Gasteiger partial charge is 0.462 e. The molecule has 0 aliphatic rings. The summed E-state index contributed by atoms with van der Waals surface area (Å²) in [5.41, 5.74) is 5.42. The molecule has 0 aliphatic heterocycles. The van der Waals surface area contributed by atoms with Gasteiger partial charge in [-0.25, -0.2) is 4.57 Å². The van der Waals surface area contributed by atoms with Gasteiger partial charge in [0.1, 0.15) is 6.61 Å². The Hall–Kier alpha value is -2.81. The molecule has 101 heavy (non-hydrogen) atoms. The van der Waals surface area contributed by atoms with Crippen LogP contribution in [0.5, 0.6) is 0 Å². The first-order valence-corrected chi connectivity index (χ1v) is 45.6. The Balaban J connectivity index is 3.72. The molecule has 0 bridgehead atoms. The number of hydrogen-bond donors (Lipinski definition) is 2. The molecule has 10 heteroatoms. The van der Waals surface area contributed by atoms with E-state index in [0.717, 1.165) is 70.6 Å². The zero-order chi connectivity index (χ0) is 72.9. The number of hydrogen-bond acceptors (Lipinski definition) is 8. The maximum atomic E-state index is 12.8. The molecule has 0 rings (SSSR count). The van der Waals surface area contributed by atoms with E-state index in [-0.39, 0.29) is 38.6 Å². The molecule has 0 fully saturated rings. The maximum Gasteiger partial charge on any atom is 0.472 e. The third-order valence-corrected chi connectivity index (χ3v) is 20.7. The van der Waals surface area contributed by atoms with Crippen LogP contribution >= 0.6 is 7.82 Å². The van der Waals surface area contributed by atoms with E-state index < -0.39 is 26.5 Å². The Morgan fingerprint density at radius 2 is 0.545 bits per heavy atom. The molecule has 590 valence electrons. The summed E-state index contributed by atoms with van der Waals surface area (Å²) in [7, 11) is -4.40. The highest BCUT2D eigenvalue weighted by Crippen LogP contribution is 2.43. The van der Waals surface area contributed by atoms with Crippen LogP contribution in [-0.2, 0) is 32.7 Å². The Bertz CT molecular complexity index is 1940. The molecule has 2 atom stereocenters. The maximum absolute atomic E-state index is 12.8. The first kappa shape index (κ1) is 98.2. The van der Waals surface area contributed by atoms with Gasteiger partial charge in [-0.3, -0.25) is 18.6 Å². The molecule has 0 radical (unpaired) electrons. The van der Waals surface area contributed by atoms with Gasteiger partial charge in [0, 0.05) is 19.4 Å². The average Bonchev–Trinajstić information content (AvgIpc) is 1.01. The second-order valence-electron chi connectivity index (χ2n) is 29.7. The Morgan fingerprint density at radius 1 is 0.307 bits per heavy atom. The lowest BCUT2D eigenvalue weighted by molar-refractivity contribution is -0.161. The largest absolute Gasteiger partial charge is 0.472 e. The van der Waals surface area contributed by atoms with E-state index in [1.165, 1.54) is 347 Å².